The average Bonchev–Trinajstić information content (AvgIpc) is 2.41. The second-order valence-electron chi connectivity index (χ2n) is 4.87. The first-order valence-corrected chi connectivity index (χ1v) is 6.75. The zero-order valence-corrected chi connectivity index (χ0v) is 12.8. The minimum Gasteiger partial charge on any atom is -0.478 e. The molecule has 0 radical (unpaired) electrons. The Morgan fingerprint density at radius 3 is 2.10 bits per heavy atom. The number of amides is 3. The molecule has 0 rings (SSSR count). The predicted molar refractivity (Wildman–Crippen MR) is 76.3 cm³/mol. The number of nitrogens with one attached hydrogen (secondary N) is 1. The monoisotopic (exact) mass is 284 g/mol. The predicted octanol–water partition coefficient (Wildman–Crippen LogP) is 2.01. The SMILES string of the molecule is CCC(C)CN(CC)C(=O)NC(=O)C(C)=C(C)C(=O)O. The van der Waals surface area contributed by atoms with Crippen LogP contribution in [0.2, 0.25) is 0 Å². The van der Waals surface area contributed by atoms with Crippen molar-refractivity contribution in [3.05, 3.63) is 11.1 Å². The van der Waals surface area contributed by atoms with Crippen molar-refractivity contribution in [3.63, 3.8) is 0 Å². The van der Waals surface area contributed by atoms with Gasteiger partial charge in [0.25, 0.3) is 5.91 Å². The summed E-state index contributed by atoms with van der Waals surface area (Å²) in [4.78, 5) is 36.1. The van der Waals surface area contributed by atoms with Crippen LogP contribution in [0.15, 0.2) is 11.1 Å². The number of carbonyl (C=O) groups is 3. The Morgan fingerprint density at radius 1 is 1.15 bits per heavy atom. The maximum atomic E-state index is 12.0. The number of hydrogen-bond donors (Lipinski definition) is 2. The summed E-state index contributed by atoms with van der Waals surface area (Å²) in [5, 5.41) is 11.0. The molecule has 0 aromatic carbocycles. The van der Waals surface area contributed by atoms with Crippen LogP contribution < -0.4 is 5.32 Å². The van der Waals surface area contributed by atoms with Crippen molar-refractivity contribution in [1.29, 1.82) is 0 Å². The maximum Gasteiger partial charge on any atom is 0.331 e. The summed E-state index contributed by atoms with van der Waals surface area (Å²) in [7, 11) is 0. The Bertz CT molecular complexity index is 415. The highest BCUT2D eigenvalue weighted by atomic mass is 16.4. The number of imide groups is 1. The fourth-order valence-electron chi connectivity index (χ4n) is 1.46. The van der Waals surface area contributed by atoms with Crippen LogP contribution >= 0.6 is 0 Å². The molecule has 0 aliphatic rings. The lowest BCUT2D eigenvalue weighted by Crippen LogP contribution is -2.45. The topological polar surface area (TPSA) is 86.7 Å². The van der Waals surface area contributed by atoms with E-state index in [2.05, 4.69) is 5.32 Å². The third-order valence-electron chi connectivity index (χ3n) is 3.34. The summed E-state index contributed by atoms with van der Waals surface area (Å²) in [5.74, 6) is -1.50. The number of carbonyl (C=O) groups excluding carboxylic acids is 2. The lowest BCUT2D eigenvalue weighted by atomic mass is 10.1. The molecule has 20 heavy (non-hydrogen) atoms. The molecule has 0 bridgehead atoms. The zero-order chi connectivity index (χ0) is 15.9. The van der Waals surface area contributed by atoms with Crippen LogP contribution in [0, 0.1) is 5.92 Å². The van der Waals surface area contributed by atoms with Crippen molar-refractivity contribution in [2.75, 3.05) is 13.1 Å². The van der Waals surface area contributed by atoms with E-state index in [1.165, 1.54) is 18.7 Å². The number of rotatable bonds is 6. The van der Waals surface area contributed by atoms with Crippen molar-refractivity contribution in [1.82, 2.24) is 10.2 Å². The molecule has 0 spiro atoms. The number of aliphatic carboxylic acids is 1. The molecule has 0 heterocycles. The Morgan fingerprint density at radius 2 is 1.70 bits per heavy atom. The number of nitrogens with zero attached hydrogens (tertiary/aromatic N) is 1. The molecule has 0 saturated carbocycles. The van der Waals surface area contributed by atoms with E-state index in [1.54, 1.807) is 0 Å². The van der Waals surface area contributed by atoms with Gasteiger partial charge in [-0.25, -0.2) is 9.59 Å². The molecule has 3 amide bonds. The first-order valence-electron chi connectivity index (χ1n) is 6.75. The van der Waals surface area contributed by atoms with Crippen LogP contribution in [0.1, 0.15) is 41.0 Å². The van der Waals surface area contributed by atoms with Crippen LogP contribution in [-0.2, 0) is 9.59 Å². The van der Waals surface area contributed by atoms with E-state index in [1.807, 2.05) is 20.8 Å². The lowest BCUT2D eigenvalue weighted by Gasteiger charge is -2.24. The first-order chi connectivity index (χ1) is 9.24. The maximum absolute atomic E-state index is 12.0. The van der Waals surface area contributed by atoms with Crippen molar-refractivity contribution in [2.24, 2.45) is 5.92 Å². The Balaban J connectivity index is 4.78. The molecule has 0 saturated heterocycles. The fourth-order valence-corrected chi connectivity index (χ4v) is 1.46. The van der Waals surface area contributed by atoms with E-state index in [4.69, 9.17) is 5.11 Å². The molecule has 0 aromatic heterocycles. The van der Waals surface area contributed by atoms with Gasteiger partial charge in [0.1, 0.15) is 0 Å². The highest BCUT2D eigenvalue weighted by Gasteiger charge is 2.19. The molecular formula is C14H24N2O4. The van der Waals surface area contributed by atoms with Gasteiger partial charge in [-0.15, -0.1) is 0 Å². The van der Waals surface area contributed by atoms with Gasteiger partial charge in [0.15, 0.2) is 0 Å². The Labute approximate surface area is 119 Å². The van der Waals surface area contributed by atoms with Crippen molar-refractivity contribution in [2.45, 2.75) is 41.0 Å². The number of hydrogen-bond acceptors (Lipinski definition) is 3. The summed E-state index contributed by atoms with van der Waals surface area (Å²) < 4.78 is 0. The fraction of sp³-hybridized carbons (Fsp3) is 0.643. The van der Waals surface area contributed by atoms with E-state index in [9.17, 15) is 14.4 Å². The number of carboxylic acids is 1. The van der Waals surface area contributed by atoms with Crippen molar-refractivity contribution >= 4 is 17.9 Å². The second kappa shape index (κ2) is 8.35. The van der Waals surface area contributed by atoms with Gasteiger partial charge in [0.05, 0.1) is 0 Å². The van der Waals surface area contributed by atoms with Gasteiger partial charge < -0.3 is 10.0 Å². The summed E-state index contributed by atoms with van der Waals surface area (Å²) in [6, 6.07) is -0.490. The van der Waals surface area contributed by atoms with Crippen LogP contribution in [0.4, 0.5) is 4.79 Å². The molecule has 0 aliphatic carbocycles. The van der Waals surface area contributed by atoms with Gasteiger partial charge in [0, 0.05) is 24.2 Å². The number of urea groups is 1. The van der Waals surface area contributed by atoms with E-state index < -0.39 is 17.9 Å². The molecule has 0 aromatic rings. The van der Waals surface area contributed by atoms with Crippen LogP contribution in [-0.4, -0.2) is 41.0 Å². The molecule has 6 heteroatoms. The number of carboxylic acid groups (broad SMARTS) is 1. The Kier molecular flexibility index (Phi) is 7.57. The third kappa shape index (κ3) is 5.42. The molecule has 1 unspecified atom stereocenters. The molecule has 114 valence electrons. The normalized spacial score (nSPS) is 13.2. The molecular weight excluding hydrogens is 260 g/mol. The highest BCUT2D eigenvalue weighted by Crippen LogP contribution is 2.06. The highest BCUT2D eigenvalue weighted by molar-refractivity contribution is 6.07. The summed E-state index contributed by atoms with van der Waals surface area (Å²) in [6.07, 6.45) is 0.939. The van der Waals surface area contributed by atoms with Gasteiger partial charge >= 0.3 is 12.0 Å². The Hall–Kier alpha value is -1.85. The van der Waals surface area contributed by atoms with Gasteiger partial charge in [-0.05, 0) is 26.7 Å². The van der Waals surface area contributed by atoms with Gasteiger partial charge in [-0.3, -0.25) is 10.1 Å². The van der Waals surface area contributed by atoms with Crippen molar-refractivity contribution in [3.8, 4) is 0 Å². The molecule has 6 nitrogen and oxygen atoms in total. The average molecular weight is 284 g/mol. The van der Waals surface area contributed by atoms with Crippen LogP contribution in [0.3, 0.4) is 0 Å². The van der Waals surface area contributed by atoms with Crippen LogP contribution in [0.25, 0.3) is 0 Å². The first kappa shape index (κ1) is 18.1. The minimum absolute atomic E-state index is 0.0328. The smallest absolute Gasteiger partial charge is 0.331 e. The van der Waals surface area contributed by atoms with Crippen LogP contribution in [0.5, 0.6) is 0 Å². The largest absolute Gasteiger partial charge is 0.478 e. The third-order valence-corrected chi connectivity index (χ3v) is 3.34. The molecule has 0 aliphatic heterocycles. The molecule has 1 atom stereocenters. The van der Waals surface area contributed by atoms with E-state index in [-0.39, 0.29) is 11.1 Å². The van der Waals surface area contributed by atoms with Crippen molar-refractivity contribution < 1.29 is 19.5 Å². The van der Waals surface area contributed by atoms with E-state index >= 15 is 0 Å². The summed E-state index contributed by atoms with van der Waals surface area (Å²) >= 11 is 0. The minimum atomic E-state index is -1.17. The standard InChI is InChI=1S/C14H24N2O4/c1-6-9(3)8-16(7-2)14(20)15-12(17)10(4)11(5)13(18)19/h9H,6-8H2,1-5H3,(H,18,19)(H,15,17,20). The summed E-state index contributed by atoms with van der Waals surface area (Å²) in [6.45, 7) is 9.66. The quantitative estimate of drug-likeness (QED) is 0.730. The van der Waals surface area contributed by atoms with Gasteiger partial charge in [-0.2, -0.15) is 0 Å². The van der Waals surface area contributed by atoms with E-state index in [0.29, 0.717) is 19.0 Å². The lowest BCUT2D eigenvalue weighted by molar-refractivity contribution is -0.133. The zero-order valence-electron chi connectivity index (χ0n) is 12.8. The molecule has 2 N–H and O–H groups in total. The molecule has 0 fully saturated rings. The van der Waals surface area contributed by atoms with Gasteiger partial charge in [-0.1, -0.05) is 20.3 Å². The summed E-state index contributed by atoms with van der Waals surface area (Å²) in [5.41, 5.74) is -0.0364. The second-order valence-corrected chi connectivity index (χ2v) is 4.87. The van der Waals surface area contributed by atoms with Gasteiger partial charge in [0.2, 0.25) is 0 Å². The van der Waals surface area contributed by atoms with E-state index in [0.717, 1.165) is 6.42 Å².